The number of rotatable bonds is 5. The summed E-state index contributed by atoms with van der Waals surface area (Å²) in [4.78, 5) is 12.1. The van der Waals surface area contributed by atoms with Gasteiger partial charge in [-0.3, -0.25) is 4.68 Å². The van der Waals surface area contributed by atoms with E-state index in [1.807, 2.05) is 11.6 Å². The minimum atomic E-state index is -0.260. The minimum Gasteiger partial charge on any atom is -0.462 e. The summed E-state index contributed by atoms with van der Waals surface area (Å²) < 4.78 is 12.6. The molecule has 0 unspecified atom stereocenters. The van der Waals surface area contributed by atoms with Crippen LogP contribution in [0, 0.1) is 5.92 Å². The lowest BCUT2D eigenvalue weighted by atomic mass is 9.93. The van der Waals surface area contributed by atoms with E-state index in [-0.39, 0.29) is 5.97 Å². The molecule has 2 rings (SSSR count). The maximum Gasteiger partial charge on any atom is 0.341 e. The molecule has 0 N–H and O–H groups in total. The molecule has 2 heterocycles. The first-order valence-electron chi connectivity index (χ1n) is 7.44. The molecule has 20 heavy (non-hydrogen) atoms. The molecular weight excluding hydrogens is 256 g/mol. The number of hydrogen-bond acceptors (Lipinski definition) is 4. The van der Waals surface area contributed by atoms with Gasteiger partial charge in [-0.1, -0.05) is 13.8 Å². The lowest BCUT2D eigenvalue weighted by Crippen LogP contribution is -2.21. The smallest absolute Gasteiger partial charge is 0.341 e. The molecule has 112 valence electrons. The van der Waals surface area contributed by atoms with Gasteiger partial charge in [-0.05, 0) is 25.7 Å². The van der Waals surface area contributed by atoms with Crippen molar-refractivity contribution in [3.05, 3.63) is 17.5 Å². The predicted octanol–water partition coefficient (Wildman–Crippen LogP) is 2.61. The van der Waals surface area contributed by atoms with E-state index < -0.39 is 0 Å². The quantitative estimate of drug-likeness (QED) is 0.778. The van der Waals surface area contributed by atoms with Gasteiger partial charge < -0.3 is 9.47 Å². The highest BCUT2D eigenvalue weighted by molar-refractivity contribution is 5.90. The Labute approximate surface area is 120 Å². The zero-order valence-electron chi connectivity index (χ0n) is 12.6. The van der Waals surface area contributed by atoms with Crippen molar-refractivity contribution < 1.29 is 14.3 Å². The molecule has 0 atom stereocenters. The Balaban J connectivity index is 2.31. The van der Waals surface area contributed by atoms with Crippen LogP contribution in [0.25, 0.3) is 0 Å². The molecule has 1 aromatic heterocycles. The second-order valence-electron chi connectivity index (χ2n) is 5.63. The van der Waals surface area contributed by atoms with E-state index in [1.165, 1.54) is 0 Å². The third kappa shape index (κ3) is 3.39. The van der Waals surface area contributed by atoms with Gasteiger partial charge in [-0.25, -0.2) is 4.79 Å². The highest BCUT2D eigenvalue weighted by atomic mass is 16.5. The van der Waals surface area contributed by atoms with Crippen LogP contribution in [0.4, 0.5) is 0 Å². The Morgan fingerprint density at radius 1 is 1.50 bits per heavy atom. The van der Waals surface area contributed by atoms with E-state index in [0.29, 0.717) is 24.0 Å². The second kappa shape index (κ2) is 6.88. The van der Waals surface area contributed by atoms with Crippen molar-refractivity contribution in [1.82, 2.24) is 9.78 Å². The van der Waals surface area contributed by atoms with E-state index >= 15 is 0 Å². The third-order valence-electron chi connectivity index (χ3n) is 3.52. The normalized spacial score (nSPS) is 16.6. The van der Waals surface area contributed by atoms with E-state index in [1.54, 1.807) is 6.20 Å². The lowest BCUT2D eigenvalue weighted by molar-refractivity contribution is 0.0518. The second-order valence-corrected chi connectivity index (χ2v) is 5.63. The van der Waals surface area contributed by atoms with Crippen LogP contribution in [0.15, 0.2) is 6.20 Å². The van der Waals surface area contributed by atoms with Gasteiger partial charge in [-0.15, -0.1) is 0 Å². The van der Waals surface area contributed by atoms with Crippen molar-refractivity contribution in [2.24, 2.45) is 5.92 Å². The molecule has 0 amide bonds. The van der Waals surface area contributed by atoms with Gasteiger partial charge in [0.1, 0.15) is 5.56 Å². The van der Waals surface area contributed by atoms with Crippen molar-refractivity contribution >= 4 is 5.97 Å². The van der Waals surface area contributed by atoms with Crippen LogP contribution in [-0.4, -0.2) is 35.6 Å². The fourth-order valence-electron chi connectivity index (χ4n) is 2.65. The van der Waals surface area contributed by atoms with Crippen molar-refractivity contribution in [2.75, 3.05) is 19.8 Å². The first-order valence-corrected chi connectivity index (χ1v) is 7.44. The molecule has 1 aromatic rings. The van der Waals surface area contributed by atoms with Gasteiger partial charge in [0, 0.05) is 25.7 Å². The average molecular weight is 280 g/mol. The summed E-state index contributed by atoms with van der Waals surface area (Å²) in [6.45, 7) is 8.84. The van der Waals surface area contributed by atoms with Gasteiger partial charge in [-0.2, -0.15) is 5.10 Å². The summed E-state index contributed by atoms with van der Waals surface area (Å²) >= 11 is 0. The standard InChI is InChI=1S/C15H24N2O3/c1-4-20-15(18)13-9-16-17(10-11(2)3)14(13)12-5-7-19-8-6-12/h9,11-12H,4-8,10H2,1-3H3. The maximum absolute atomic E-state index is 12.1. The van der Waals surface area contributed by atoms with E-state index in [4.69, 9.17) is 9.47 Å². The minimum absolute atomic E-state index is 0.260. The van der Waals surface area contributed by atoms with Crippen molar-refractivity contribution in [3.63, 3.8) is 0 Å². The third-order valence-corrected chi connectivity index (χ3v) is 3.52. The monoisotopic (exact) mass is 280 g/mol. The zero-order chi connectivity index (χ0) is 14.5. The van der Waals surface area contributed by atoms with Crippen LogP contribution in [0.5, 0.6) is 0 Å². The van der Waals surface area contributed by atoms with Crippen LogP contribution in [-0.2, 0) is 16.0 Å². The molecule has 5 nitrogen and oxygen atoms in total. The fraction of sp³-hybridized carbons (Fsp3) is 0.733. The first-order chi connectivity index (χ1) is 9.63. The molecule has 1 aliphatic heterocycles. The van der Waals surface area contributed by atoms with E-state index in [2.05, 4.69) is 18.9 Å². The first kappa shape index (κ1) is 15.0. The molecule has 0 radical (unpaired) electrons. The van der Waals surface area contributed by atoms with E-state index in [9.17, 15) is 4.79 Å². The Hall–Kier alpha value is -1.36. The predicted molar refractivity (Wildman–Crippen MR) is 75.8 cm³/mol. The SMILES string of the molecule is CCOC(=O)c1cnn(CC(C)C)c1C1CCOCC1. The number of nitrogens with zero attached hydrogens (tertiary/aromatic N) is 2. The molecular formula is C15H24N2O3. The van der Waals surface area contributed by atoms with Gasteiger partial charge >= 0.3 is 5.97 Å². The van der Waals surface area contributed by atoms with Gasteiger partial charge in [0.15, 0.2) is 0 Å². The summed E-state index contributed by atoms with van der Waals surface area (Å²) in [5.41, 5.74) is 1.65. The summed E-state index contributed by atoms with van der Waals surface area (Å²) in [6.07, 6.45) is 3.54. The number of carbonyl (C=O) groups excluding carboxylic acids is 1. The van der Waals surface area contributed by atoms with Crippen LogP contribution in [0.2, 0.25) is 0 Å². The Morgan fingerprint density at radius 3 is 2.80 bits per heavy atom. The summed E-state index contributed by atoms with van der Waals surface area (Å²) in [6, 6.07) is 0. The van der Waals surface area contributed by atoms with Crippen LogP contribution in [0.1, 0.15) is 55.6 Å². The van der Waals surface area contributed by atoms with Crippen LogP contribution >= 0.6 is 0 Å². The molecule has 1 saturated heterocycles. The van der Waals surface area contributed by atoms with Gasteiger partial charge in [0.05, 0.1) is 18.5 Å². The number of ether oxygens (including phenoxy) is 2. The summed E-state index contributed by atoms with van der Waals surface area (Å²) in [5, 5.41) is 4.41. The largest absolute Gasteiger partial charge is 0.462 e. The number of hydrogen-bond donors (Lipinski definition) is 0. The molecule has 0 spiro atoms. The van der Waals surface area contributed by atoms with Crippen LogP contribution in [0.3, 0.4) is 0 Å². The lowest BCUT2D eigenvalue weighted by Gasteiger charge is -2.24. The molecule has 5 heteroatoms. The Kier molecular flexibility index (Phi) is 5.17. The Bertz CT molecular complexity index is 448. The zero-order valence-corrected chi connectivity index (χ0v) is 12.6. The van der Waals surface area contributed by atoms with E-state index in [0.717, 1.165) is 38.3 Å². The molecule has 0 saturated carbocycles. The molecule has 0 aromatic carbocycles. The van der Waals surface area contributed by atoms with Crippen molar-refractivity contribution in [1.29, 1.82) is 0 Å². The molecule has 1 aliphatic rings. The van der Waals surface area contributed by atoms with Gasteiger partial charge in [0.25, 0.3) is 0 Å². The molecule has 0 aliphatic carbocycles. The number of esters is 1. The van der Waals surface area contributed by atoms with Crippen molar-refractivity contribution in [3.8, 4) is 0 Å². The van der Waals surface area contributed by atoms with Gasteiger partial charge in [0.2, 0.25) is 0 Å². The van der Waals surface area contributed by atoms with Crippen LogP contribution < -0.4 is 0 Å². The number of aromatic nitrogens is 2. The highest BCUT2D eigenvalue weighted by Crippen LogP contribution is 2.30. The highest BCUT2D eigenvalue weighted by Gasteiger charge is 2.27. The molecule has 1 fully saturated rings. The van der Waals surface area contributed by atoms with Crippen molar-refractivity contribution in [2.45, 2.75) is 46.1 Å². The number of carbonyl (C=O) groups is 1. The molecule has 0 bridgehead atoms. The topological polar surface area (TPSA) is 53.3 Å². The Morgan fingerprint density at radius 2 is 2.20 bits per heavy atom. The maximum atomic E-state index is 12.1. The average Bonchev–Trinajstić information content (AvgIpc) is 2.83. The summed E-state index contributed by atoms with van der Waals surface area (Å²) in [5.74, 6) is 0.567. The summed E-state index contributed by atoms with van der Waals surface area (Å²) in [7, 11) is 0. The fourth-order valence-corrected chi connectivity index (χ4v) is 2.65.